The largest absolute Gasteiger partial charge is 0.389 e. The van der Waals surface area contributed by atoms with E-state index >= 15 is 0 Å². The monoisotopic (exact) mass is 584 g/mol. The van der Waals surface area contributed by atoms with E-state index in [4.69, 9.17) is 5.73 Å². The van der Waals surface area contributed by atoms with Crippen LogP contribution in [0.2, 0.25) is 0 Å². The smallest absolute Gasteiger partial charge is 0.369 e. The zero-order chi connectivity index (χ0) is 30.5. The first kappa shape index (κ1) is 31.6. The number of carbonyl (C=O) groups is 3. The summed E-state index contributed by atoms with van der Waals surface area (Å²) >= 11 is 0. The Hall–Kier alpha value is -3.90. The number of anilines is 1. The minimum atomic E-state index is -4.76. The number of aryl methyl sites for hydroxylation is 2. The lowest BCUT2D eigenvalue weighted by atomic mass is 9.83. The van der Waals surface area contributed by atoms with Gasteiger partial charge in [0.25, 0.3) is 5.91 Å². The van der Waals surface area contributed by atoms with Crippen LogP contribution in [0.5, 0.6) is 0 Å². The Bertz CT molecular complexity index is 1320. The van der Waals surface area contributed by atoms with Crippen molar-refractivity contribution < 1.29 is 40.7 Å². The third-order valence-electron chi connectivity index (χ3n) is 6.78. The second-order valence-electron chi connectivity index (χ2n) is 9.86. The molecule has 222 valence electrons. The molecule has 2 aromatic rings. The van der Waals surface area contributed by atoms with E-state index in [-0.39, 0.29) is 0 Å². The number of halogens is 6. The van der Waals surface area contributed by atoms with E-state index in [1.54, 1.807) is 36.4 Å². The average Bonchev–Trinajstić information content (AvgIpc) is 3.00. The topological polar surface area (TPSA) is 114 Å². The lowest BCUT2D eigenvalue weighted by Crippen LogP contribution is -2.48. The number of primary amides is 1. The SMILES string of the molecule is CCc1cccc2c1NC(=O)[C@@H](NC(=O)[C@H](CCC(F)(F)F)[C@H](CCC(F)(F)F)C(N)=O)N=C2c1cccc(C)c1. The number of benzene rings is 2. The minimum Gasteiger partial charge on any atom is -0.369 e. The van der Waals surface area contributed by atoms with Gasteiger partial charge in [0.05, 0.1) is 11.4 Å². The van der Waals surface area contributed by atoms with Crippen molar-refractivity contribution in [3.63, 3.8) is 0 Å². The van der Waals surface area contributed by atoms with E-state index in [9.17, 15) is 40.7 Å². The molecular weight excluding hydrogens is 554 g/mol. The van der Waals surface area contributed by atoms with Crippen molar-refractivity contribution in [2.45, 2.75) is 64.5 Å². The molecule has 1 heterocycles. The van der Waals surface area contributed by atoms with Gasteiger partial charge in [-0.05, 0) is 37.8 Å². The third-order valence-corrected chi connectivity index (χ3v) is 6.78. The fraction of sp³-hybridized carbons (Fsp3) is 0.429. The van der Waals surface area contributed by atoms with Gasteiger partial charge in [-0.1, -0.05) is 48.9 Å². The number of alkyl halides is 6. The molecule has 1 aliphatic heterocycles. The summed E-state index contributed by atoms with van der Waals surface area (Å²) in [6, 6.07) is 12.4. The van der Waals surface area contributed by atoms with Gasteiger partial charge in [-0.3, -0.25) is 14.4 Å². The van der Waals surface area contributed by atoms with Crippen LogP contribution in [0.3, 0.4) is 0 Å². The standard InChI is InChI=1S/C28H30F6N4O3/c1-3-16-7-5-9-20-21(16)37-26(41)24(36-22(20)17-8-4-6-15(2)14-17)38-25(40)19(11-13-28(32,33)34)18(23(35)39)10-12-27(29,30)31/h4-9,14,18-19,24H,3,10-13H2,1-2H3,(H2,35,39)(H,37,41)(H,38,40)/t18-,19+,24+/m0/s1. The van der Waals surface area contributed by atoms with Crippen molar-refractivity contribution in [3.8, 4) is 0 Å². The molecular formula is C28H30F6N4O3. The summed E-state index contributed by atoms with van der Waals surface area (Å²) in [6.45, 7) is 3.70. The summed E-state index contributed by atoms with van der Waals surface area (Å²) in [5, 5.41) is 4.98. The average molecular weight is 585 g/mol. The van der Waals surface area contributed by atoms with Gasteiger partial charge in [0.1, 0.15) is 0 Å². The first-order chi connectivity index (χ1) is 19.1. The van der Waals surface area contributed by atoms with Crippen LogP contribution < -0.4 is 16.4 Å². The molecule has 0 spiro atoms. The Morgan fingerprint density at radius 1 is 1.00 bits per heavy atom. The van der Waals surface area contributed by atoms with E-state index in [1.165, 1.54) is 0 Å². The highest BCUT2D eigenvalue weighted by molar-refractivity contribution is 6.20. The summed E-state index contributed by atoms with van der Waals surface area (Å²) in [5.41, 5.74) is 8.74. The van der Waals surface area contributed by atoms with Crippen LogP contribution in [0.25, 0.3) is 0 Å². The minimum absolute atomic E-state index is 0.304. The van der Waals surface area contributed by atoms with Crippen LogP contribution >= 0.6 is 0 Å². The van der Waals surface area contributed by atoms with E-state index in [2.05, 4.69) is 15.6 Å². The second kappa shape index (κ2) is 12.7. The number of rotatable bonds is 10. The Morgan fingerprint density at radius 3 is 2.17 bits per heavy atom. The normalized spacial score (nSPS) is 17.0. The first-order valence-electron chi connectivity index (χ1n) is 12.9. The van der Waals surface area contributed by atoms with Gasteiger partial charge in [-0.15, -0.1) is 0 Å². The summed E-state index contributed by atoms with van der Waals surface area (Å²) < 4.78 is 77.9. The number of nitrogens with one attached hydrogen (secondary N) is 2. The molecule has 2 aromatic carbocycles. The van der Waals surface area contributed by atoms with Crippen LogP contribution in [0, 0.1) is 18.8 Å². The number of para-hydroxylation sites is 1. The van der Waals surface area contributed by atoms with Gasteiger partial charge < -0.3 is 16.4 Å². The van der Waals surface area contributed by atoms with Gasteiger partial charge in [0, 0.05) is 35.8 Å². The van der Waals surface area contributed by atoms with Crippen LogP contribution in [0.4, 0.5) is 32.0 Å². The molecule has 41 heavy (non-hydrogen) atoms. The van der Waals surface area contributed by atoms with Crippen molar-refractivity contribution in [2.75, 3.05) is 5.32 Å². The number of nitrogens with zero attached hydrogens (tertiary/aromatic N) is 1. The van der Waals surface area contributed by atoms with E-state index in [0.717, 1.165) is 11.1 Å². The van der Waals surface area contributed by atoms with Gasteiger partial charge in [-0.25, -0.2) is 4.99 Å². The van der Waals surface area contributed by atoms with Gasteiger partial charge in [0.2, 0.25) is 18.0 Å². The van der Waals surface area contributed by atoms with Crippen LogP contribution in [-0.2, 0) is 20.8 Å². The maximum atomic E-state index is 13.3. The fourth-order valence-electron chi connectivity index (χ4n) is 4.75. The second-order valence-corrected chi connectivity index (χ2v) is 9.86. The van der Waals surface area contributed by atoms with Crippen molar-refractivity contribution in [2.24, 2.45) is 22.6 Å². The molecule has 1 aliphatic rings. The van der Waals surface area contributed by atoms with Gasteiger partial charge >= 0.3 is 12.4 Å². The molecule has 0 radical (unpaired) electrons. The Balaban J connectivity index is 2.04. The lowest BCUT2D eigenvalue weighted by molar-refractivity contribution is -0.152. The summed E-state index contributed by atoms with van der Waals surface area (Å²) in [6.07, 6.45) is -15.7. The molecule has 0 aromatic heterocycles. The number of aliphatic imine (C=N–C) groups is 1. The molecule has 0 fully saturated rings. The molecule has 4 N–H and O–H groups in total. The molecule has 0 saturated carbocycles. The first-order valence-corrected chi connectivity index (χ1v) is 12.9. The van der Waals surface area contributed by atoms with Crippen LogP contribution in [0.15, 0.2) is 47.5 Å². The van der Waals surface area contributed by atoms with Crippen LogP contribution in [-0.4, -0.2) is 42.0 Å². The lowest BCUT2D eigenvalue weighted by Gasteiger charge is -2.26. The predicted molar refractivity (Wildman–Crippen MR) is 140 cm³/mol. The number of benzodiazepines with no additional fused rings is 1. The number of hydrogen-bond donors (Lipinski definition) is 3. The van der Waals surface area contributed by atoms with E-state index in [1.807, 2.05) is 19.9 Å². The molecule has 3 atom stereocenters. The number of hydrogen-bond acceptors (Lipinski definition) is 4. The highest BCUT2D eigenvalue weighted by atomic mass is 19.4. The highest BCUT2D eigenvalue weighted by Crippen LogP contribution is 2.33. The van der Waals surface area contributed by atoms with Crippen molar-refractivity contribution in [1.82, 2.24) is 5.32 Å². The molecule has 0 aliphatic carbocycles. The van der Waals surface area contributed by atoms with E-state index < -0.39 is 73.8 Å². The Morgan fingerprint density at radius 2 is 1.61 bits per heavy atom. The molecule has 13 heteroatoms. The van der Waals surface area contributed by atoms with Gasteiger partial charge in [0.15, 0.2) is 0 Å². The van der Waals surface area contributed by atoms with Crippen LogP contribution in [0.1, 0.15) is 54.9 Å². The maximum absolute atomic E-state index is 13.3. The van der Waals surface area contributed by atoms with Crippen molar-refractivity contribution >= 4 is 29.1 Å². The summed E-state index contributed by atoms with van der Waals surface area (Å²) in [7, 11) is 0. The molecule has 7 nitrogen and oxygen atoms in total. The Labute approximate surface area is 232 Å². The van der Waals surface area contributed by atoms with E-state index in [0.29, 0.717) is 28.9 Å². The molecule has 0 saturated heterocycles. The zero-order valence-corrected chi connectivity index (χ0v) is 22.3. The van der Waals surface area contributed by atoms with Crippen molar-refractivity contribution in [3.05, 3.63) is 64.7 Å². The van der Waals surface area contributed by atoms with Crippen molar-refractivity contribution in [1.29, 1.82) is 0 Å². The Kier molecular flexibility index (Phi) is 9.82. The fourth-order valence-corrected chi connectivity index (χ4v) is 4.75. The summed E-state index contributed by atoms with van der Waals surface area (Å²) in [5.74, 6) is -7.17. The molecule has 0 bridgehead atoms. The third kappa shape index (κ3) is 8.54. The molecule has 3 amide bonds. The highest BCUT2D eigenvalue weighted by Gasteiger charge is 2.40. The van der Waals surface area contributed by atoms with Gasteiger partial charge in [-0.2, -0.15) is 26.3 Å². The molecule has 3 rings (SSSR count). The quantitative estimate of drug-likeness (QED) is 0.334. The predicted octanol–water partition coefficient (Wildman–Crippen LogP) is 5.19. The number of fused-ring (bicyclic) bond motifs is 1. The number of nitrogens with two attached hydrogens (primary N) is 1. The number of amides is 3. The zero-order valence-electron chi connectivity index (χ0n) is 22.3. The number of carbonyl (C=O) groups excluding carboxylic acids is 3. The molecule has 0 unspecified atom stereocenters. The summed E-state index contributed by atoms with van der Waals surface area (Å²) in [4.78, 5) is 43.1. The maximum Gasteiger partial charge on any atom is 0.389 e.